The second-order valence-corrected chi connectivity index (χ2v) is 6.08. The van der Waals surface area contributed by atoms with Crippen molar-refractivity contribution in [1.29, 1.82) is 0 Å². The normalized spacial score (nSPS) is 23.9. The van der Waals surface area contributed by atoms with Crippen LogP contribution in [0.2, 0.25) is 0 Å². The van der Waals surface area contributed by atoms with E-state index in [0.29, 0.717) is 0 Å². The minimum atomic E-state index is -8.29. The molecule has 0 aliphatic carbocycles. The van der Waals surface area contributed by atoms with Crippen molar-refractivity contribution in [2.45, 2.75) is 66.7 Å². The fourth-order valence-electron chi connectivity index (χ4n) is 2.04. The Bertz CT molecular complexity index is 616. The van der Waals surface area contributed by atoms with Crippen LogP contribution in [0.1, 0.15) is 6.92 Å². The molecule has 0 aromatic heterocycles. The van der Waals surface area contributed by atoms with Gasteiger partial charge in [-0.3, -0.25) is 0 Å². The summed E-state index contributed by atoms with van der Waals surface area (Å²) in [4.78, 5) is 0. The van der Waals surface area contributed by atoms with E-state index in [1.165, 1.54) is 0 Å². The first kappa shape index (κ1) is 25.9. The van der Waals surface area contributed by atoms with Crippen molar-refractivity contribution in [2.24, 2.45) is 0 Å². The summed E-state index contributed by atoms with van der Waals surface area (Å²) in [5.41, 5.74) is 0. The molecule has 1 heterocycles. The summed E-state index contributed by atoms with van der Waals surface area (Å²) >= 11 is 0. The summed E-state index contributed by atoms with van der Waals surface area (Å²) in [6.07, 6.45) is -7.84. The Morgan fingerprint density at radius 3 is 1.31 bits per heavy atom. The maximum absolute atomic E-state index is 13.5. The minimum absolute atomic E-state index is 0.808. The van der Waals surface area contributed by atoms with Crippen LogP contribution in [-0.4, -0.2) is 71.6 Å². The molecule has 0 spiro atoms. The summed E-state index contributed by atoms with van der Waals surface area (Å²) < 4.78 is 201. The van der Waals surface area contributed by atoms with Crippen molar-refractivity contribution in [3.05, 3.63) is 0 Å². The van der Waals surface area contributed by atoms with Gasteiger partial charge in [-0.05, 0) is 6.92 Å². The topological polar surface area (TPSA) is 32.8 Å². The summed E-state index contributed by atoms with van der Waals surface area (Å²) in [5, 5.41) is 8.94. The molecule has 1 saturated heterocycles. The molecule has 0 radical (unpaired) electrons. The van der Waals surface area contributed by atoms with Crippen molar-refractivity contribution in [2.75, 3.05) is 6.67 Å². The number of alkyl halides is 15. The molecule has 0 aromatic carbocycles. The van der Waals surface area contributed by atoms with Gasteiger partial charge in [0.25, 0.3) is 0 Å². The van der Waals surface area contributed by atoms with E-state index in [4.69, 9.17) is 5.11 Å². The van der Waals surface area contributed by atoms with E-state index in [-0.39, 0.29) is 0 Å². The van der Waals surface area contributed by atoms with Crippen molar-refractivity contribution >= 4 is 0 Å². The summed E-state index contributed by atoms with van der Waals surface area (Å²) in [6, 6.07) is 0. The number of hydrogen-bond acceptors (Lipinski definition) is 2. The van der Waals surface area contributed by atoms with Crippen molar-refractivity contribution in [1.82, 2.24) is 0 Å². The van der Waals surface area contributed by atoms with Crippen molar-refractivity contribution in [3.8, 4) is 0 Å². The van der Waals surface area contributed by atoms with E-state index in [9.17, 15) is 65.9 Å². The number of aliphatic hydroxyl groups is 1. The number of aliphatic hydroxyl groups excluding tert-OH is 1. The Labute approximate surface area is 150 Å². The Hall–Kier alpha value is -1.13. The summed E-state index contributed by atoms with van der Waals surface area (Å²) in [7, 11) is 0. The molecule has 0 aromatic rings. The molecule has 2 nitrogen and oxygen atoms in total. The maximum Gasteiger partial charge on any atom is 0.384 e. The second kappa shape index (κ2) is 6.68. The molecule has 174 valence electrons. The van der Waals surface area contributed by atoms with Crippen LogP contribution >= 0.6 is 0 Å². The molecule has 1 aliphatic rings. The summed E-state index contributed by atoms with van der Waals surface area (Å²) in [6.45, 7) is -3.01. The van der Waals surface area contributed by atoms with Gasteiger partial charge in [0.1, 0.15) is 6.10 Å². The smallest absolute Gasteiger partial charge is 0.384 e. The monoisotopic (exact) mass is 470 g/mol. The molecule has 3 unspecified atom stereocenters. The Morgan fingerprint density at radius 1 is 0.690 bits per heavy atom. The lowest BCUT2D eigenvalue weighted by Gasteiger charge is -2.42. The molecule has 3 atom stereocenters. The number of rotatable bonds is 9. The average Bonchev–Trinajstić information content (AvgIpc) is 3.29. The Balaban J connectivity index is 3.50. The maximum atomic E-state index is 13.5. The van der Waals surface area contributed by atoms with Crippen LogP contribution in [-0.2, 0) is 4.74 Å². The van der Waals surface area contributed by atoms with Crippen LogP contribution < -0.4 is 0 Å². The van der Waals surface area contributed by atoms with Gasteiger partial charge in [0.2, 0.25) is 0 Å². The van der Waals surface area contributed by atoms with Crippen LogP contribution in [0.3, 0.4) is 0 Å². The zero-order chi connectivity index (χ0) is 23.6. The van der Waals surface area contributed by atoms with Gasteiger partial charge in [-0.1, -0.05) is 0 Å². The van der Waals surface area contributed by atoms with Gasteiger partial charge >= 0.3 is 41.5 Å². The fraction of sp³-hybridized carbons (Fsp3) is 1.00. The van der Waals surface area contributed by atoms with Gasteiger partial charge in [0.15, 0.2) is 12.8 Å². The number of halogens is 15. The molecule has 1 fully saturated rings. The van der Waals surface area contributed by atoms with E-state index in [0.717, 1.165) is 6.92 Å². The quantitative estimate of drug-likeness (QED) is 0.397. The van der Waals surface area contributed by atoms with Gasteiger partial charge in [0, 0.05) is 0 Å². The molecular formula is C12H9F15O2. The fourth-order valence-corrected chi connectivity index (χ4v) is 2.04. The third-order valence-electron chi connectivity index (χ3n) is 4.06. The van der Waals surface area contributed by atoms with Gasteiger partial charge in [0.05, 0.1) is 6.10 Å². The van der Waals surface area contributed by atoms with Crippen LogP contribution in [0.15, 0.2) is 0 Å². The lowest BCUT2D eigenvalue weighted by Crippen LogP contribution is -2.74. The molecule has 1 N–H and O–H groups in total. The lowest BCUT2D eigenvalue weighted by molar-refractivity contribution is -0.446. The highest BCUT2D eigenvalue weighted by Crippen LogP contribution is 2.62. The van der Waals surface area contributed by atoms with Crippen molar-refractivity contribution < 1.29 is 75.7 Å². The first-order chi connectivity index (χ1) is 12.5. The molecule has 1 aliphatic heterocycles. The van der Waals surface area contributed by atoms with Crippen LogP contribution in [0.4, 0.5) is 65.9 Å². The predicted molar refractivity (Wildman–Crippen MR) is 60.9 cm³/mol. The van der Waals surface area contributed by atoms with Gasteiger partial charge in [-0.2, -0.15) is 61.5 Å². The van der Waals surface area contributed by atoms with E-state index < -0.39 is 66.4 Å². The third-order valence-corrected chi connectivity index (χ3v) is 4.06. The van der Waals surface area contributed by atoms with Gasteiger partial charge in [-0.15, -0.1) is 0 Å². The van der Waals surface area contributed by atoms with E-state index in [1.54, 1.807) is 0 Å². The van der Waals surface area contributed by atoms with Gasteiger partial charge < -0.3 is 9.84 Å². The standard InChI is InChI=1S/C12H9F15O2/c1-3-4(29-3)5(28)7(16,17)9(20,21)11(24,25)12(26,27)10(22,23)8(18,19)6(14,15)2-13/h3-5,28H,2H2,1H3. The highest BCUT2D eigenvalue weighted by Gasteiger charge is 2.93. The van der Waals surface area contributed by atoms with Crippen LogP contribution in [0, 0.1) is 0 Å². The number of hydrogen-bond donors (Lipinski definition) is 1. The molecule has 0 saturated carbocycles. The van der Waals surface area contributed by atoms with E-state index >= 15 is 0 Å². The SMILES string of the molecule is CC1OC1C(O)C(F)(F)C(F)(F)C(F)(F)C(F)(F)C(F)(F)C(F)(F)C(F)(F)CF. The zero-order valence-electron chi connectivity index (χ0n) is 13.5. The molecule has 17 heteroatoms. The molecule has 1 rings (SSSR count). The first-order valence-corrected chi connectivity index (χ1v) is 7.03. The average molecular weight is 470 g/mol. The minimum Gasteiger partial charge on any atom is -0.384 e. The number of ether oxygens (including phenoxy) is 1. The Morgan fingerprint density at radius 2 is 1.00 bits per heavy atom. The largest absolute Gasteiger partial charge is 0.384 e. The van der Waals surface area contributed by atoms with Crippen LogP contribution in [0.25, 0.3) is 0 Å². The molecule has 0 bridgehead atoms. The molecule has 29 heavy (non-hydrogen) atoms. The van der Waals surface area contributed by atoms with E-state index in [2.05, 4.69) is 4.74 Å². The first-order valence-electron chi connectivity index (χ1n) is 7.03. The highest BCUT2D eigenvalue weighted by atomic mass is 19.4. The predicted octanol–water partition coefficient (Wildman–Crippen LogP) is 4.55. The number of epoxide rings is 1. The lowest BCUT2D eigenvalue weighted by atomic mass is 9.87. The second-order valence-electron chi connectivity index (χ2n) is 6.08. The van der Waals surface area contributed by atoms with E-state index in [1.807, 2.05) is 0 Å². The third kappa shape index (κ3) is 3.22. The van der Waals surface area contributed by atoms with Crippen molar-refractivity contribution in [3.63, 3.8) is 0 Å². The molecular weight excluding hydrogens is 461 g/mol. The zero-order valence-corrected chi connectivity index (χ0v) is 13.5. The highest BCUT2D eigenvalue weighted by molar-refractivity contribution is 5.16. The Kier molecular flexibility index (Phi) is 5.97. The van der Waals surface area contributed by atoms with Gasteiger partial charge in [-0.25, -0.2) is 4.39 Å². The molecule has 0 amide bonds. The van der Waals surface area contributed by atoms with Crippen LogP contribution in [0.5, 0.6) is 0 Å². The summed E-state index contributed by atoms with van der Waals surface area (Å²) in [5.74, 6) is -53.5.